The largest absolute Gasteiger partial charge is 0.306 e. The van der Waals surface area contributed by atoms with Crippen molar-refractivity contribution in [1.82, 2.24) is 9.78 Å². The monoisotopic (exact) mass is 418 g/mol. The zero-order valence-electron chi connectivity index (χ0n) is 13.4. The highest BCUT2D eigenvalue weighted by Gasteiger charge is 2.16. The van der Waals surface area contributed by atoms with Gasteiger partial charge in [0.2, 0.25) is 0 Å². The predicted molar refractivity (Wildman–Crippen MR) is 97.0 cm³/mol. The van der Waals surface area contributed by atoms with Crippen molar-refractivity contribution in [3.63, 3.8) is 0 Å². The molecular weight excluding hydrogens is 407 g/mol. The Kier molecular flexibility index (Phi) is 4.81. The molecule has 7 nitrogen and oxygen atoms in total. The molecule has 26 heavy (non-hydrogen) atoms. The number of benzene rings is 2. The number of anilines is 1. The molecule has 2 aromatic carbocycles. The minimum atomic E-state index is -0.649. The maximum absolute atomic E-state index is 13.9. The molecule has 3 rings (SSSR count). The van der Waals surface area contributed by atoms with Crippen LogP contribution in [0.1, 0.15) is 16.1 Å². The molecule has 0 spiro atoms. The van der Waals surface area contributed by atoms with Crippen LogP contribution in [0.4, 0.5) is 15.9 Å². The van der Waals surface area contributed by atoms with Gasteiger partial charge in [-0.15, -0.1) is 0 Å². The maximum Gasteiger partial charge on any atom is 0.269 e. The first-order chi connectivity index (χ1) is 12.3. The summed E-state index contributed by atoms with van der Waals surface area (Å²) in [6, 6.07) is 11.4. The number of nitro benzene ring substituents is 1. The molecule has 0 aliphatic rings. The Hall–Kier alpha value is -3.07. The number of nitrogens with one attached hydrogen (secondary N) is 1. The zero-order valence-corrected chi connectivity index (χ0v) is 15.0. The number of carbonyl (C=O) groups excluding carboxylic acids is 1. The van der Waals surface area contributed by atoms with Gasteiger partial charge >= 0.3 is 0 Å². The van der Waals surface area contributed by atoms with Gasteiger partial charge in [-0.25, -0.2) is 9.07 Å². The van der Waals surface area contributed by atoms with Crippen molar-refractivity contribution < 1.29 is 14.1 Å². The Bertz CT molecular complexity index is 1000. The van der Waals surface area contributed by atoms with Crippen molar-refractivity contribution in [1.29, 1.82) is 0 Å². The van der Waals surface area contributed by atoms with Crippen LogP contribution in [0.3, 0.4) is 0 Å². The number of hydrogen-bond donors (Lipinski definition) is 1. The van der Waals surface area contributed by atoms with Crippen molar-refractivity contribution >= 4 is 33.3 Å². The molecule has 9 heteroatoms. The number of nitrogens with zero attached hydrogens (tertiary/aromatic N) is 3. The number of aromatic nitrogens is 2. The number of hydrogen-bond acceptors (Lipinski definition) is 4. The lowest BCUT2D eigenvalue weighted by molar-refractivity contribution is -0.384. The van der Waals surface area contributed by atoms with E-state index < -0.39 is 16.6 Å². The third-order valence-electron chi connectivity index (χ3n) is 3.55. The lowest BCUT2D eigenvalue weighted by Crippen LogP contribution is -2.16. The number of halogens is 2. The lowest BCUT2D eigenvalue weighted by atomic mass is 10.2. The fraction of sp³-hybridized carbons (Fsp3) is 0.0588. The first-order valence-electron chi connectivity index (χ1n) is 7.43. The minimum absolute atomic E-state index is 0.0561. The van der Waals surface area contributed by atoms with E-state index in [1.54, 1.807) is 13.0 Å². The summed E-state index contributed by atoms with van der Waals surface area (Å²) in [5, 5.41) is 17.7. The quantitative estimate of drug-likeness (QED) is 0.506. The molecule has 3 aromatic rings. The van der Waals surface area contributed by atoms with E-state index in [1.807, 2.05) is 0 Å². The summed E-state index contributed by atoms with van der Waals surface area (Å²) in [6.07, 6.45) is 0. The average Bonchev–Trinajstić information content (AvgIpc) is 2.97. The highest BCUT2D eigenvalue weighted by Crippen LogP contribution is 2.22. The molecule has 1 amide bonds. The lowest BCUT2D eigenvalue weighted by Gasteiger charge is -2.09. The van der Waals surface area contributed by atoms with Crippen molar-refractivity contribution in [3.8, 4) is 5.69 Å². The molecule has 0 aliphatic carbocycles. The van der Waals surface area contributed by atoms with Gasteiger partial charge in [0.15, 0.2) is 0 Å². The minimum Gasteiger partial charge on any atom is -0.306 e. The van der Waals surface area contributed by atoms with E-state index in [0.29, 0.717) is 21.7 Å². The van der Waals surface area contributed by atoms with Crippen LogP contribution < -0.4 is 5.32 Å². The van der Waals surface area contributed by atoms with Crippen LogP contribution in [-0.4, -0.2) is 20.6 Å². The smallest absolute Gasteiger partial charge is 0.269 e. The molecule has 0 fully saturated rings. The molecule has 0 unspecified atom stereocenters. The number of non-ortho nitro benzene ring substituents is 1. The topological polar surface area (TPSA) is 90.1 Å². The zero-order chi connectivity index (χ0) is 18.8. The van der Waals surface area contributed by atoms with Gasteiger partial charge in [-0.3, -0.25) is 14.9 Å². The molecule has 0 bridgehead atoms. The summed E-state index contributed by atoms with van der Waals surface area (Å²) < 4.78 is 15.9. The highest BCUT2D eigenvalue weighted by molar-refractivity contribution is 9.10. The van der Waals surface area contributed by atoms with E-state index in [0.717, 1.165) is 0 Å². The predicted octanol–water partition coefficient (Wildman–Crippen LogP) is 4.24. The molecule has 1 N–H and O–H groups in total. The Morgan fingerprint density at radius 1 is 1.23 bits per heavy atom. The van der Waals surface area contributed by atoms with E-state index in [9.17, 15) is 19.3 Å². The maximum atomic E-state index is 13.9. The van der Waals surface area contributed by atoms with E-state index in [4.69, 9.17) is 0 Å². The van der Waals surface area contributed by atoms with Gasteiger partial charge in [0.05, 0.1) is 21.9 Å². The van der Waals surface area contributed by atoms with Gasteiger partial charge in [-0.1, -0.05) is 15.9 Å². The summed E-state index contributed by atoms with van der Waals surface area (Å²) in [5.41, 5.74) is 0.968. The van der Waals surface area contributed by atoms with Crippen LogP contribution in [-0.2, 0) is 0 Å². The van der Waals surface area contributed by atoms with Gasteiger partial charge in [-0.2, -0.15) is 5.10 Å². The Morgan fingerprint density at radius 2 is 1.92 bits per heavy atom. The normalized spacial score (nSPS) is 10.6. The average molecular weight is 419 g/mol. The molecule has 1 heterocycles. The van der Waals surface area contributed by atoms with Gasteiger partial charge in [0.1, 0.15) is 11.6 Å². The summed E-state index contributed by atoms with van der Waals surface area (Å²) in [5.74, 6) is -0.962. The first-order valence-corrected chi connectivity index (χ1v) is 8.22. The Balaban J connectivity index is 1.93. The van der Waals surface area contributed by atoms with Crippen LogP contribution in [0.15, 0.2) is 53.0 Å². The molecule has 0 saturated carbocycles. The van der Waals surface area contributed by atoms with E-state index >= 15 is 0 Å². The fourth-order valence-corrected chi connectivity index (χ4v) is 2.72. The molecule has 0 atom stereocenters. The van der Waals surface area contributed by atoms with Crippen molar-refractivity contribution in [2.24, 2.45) is 0 Å². The number of amides is 1. The summed E-state index contributed by atoms with van der Waals surface area (Å²) >= 11 is 3.20. The van der Waals surface area contributed by atoms with Crippen molar-refractivity contribution in [2.45, 2.75) is 6.92 Å². The van der Waals surface area contributed by atoms with E-state index in [-0.39, 0.29) is 11.3 Å². The standard InChI is InChI=1S/C17H12BrFN4O3/c1-10-8-16(20-17(24)14-9-11(18)2-7-15(14)19)22(21-10)12-3-5-13(6-4-12)23(25)26/h2-9H,1H3,(H,20,24). The van der Waals surface area contributed by atoms with Crippen LogP contribution >= 0.6 is 15.9 Å². The summed E-state index contributed by atoms with van der Waals surface area (Å²) in [7, 11) is 0. The second-order valence-electron chi connectivity index (χ2n) is 5.43. The highest BCUT2D eigenvalue weighted by atomic mass is 79.9. The second-order valence-corrected chi connectivity index (χ2v) is 6.35. The first kappa shape index (κ1) is 17.7. The molecule has 1 aromatic heterocycles. The Labute approximate surface area is 155 Å². The third kappa shape index (κ3) is 3.62. The van der Waals surface area contributed by atoms with Gasteiger partial charge < -0.3 is 5.32 Å². The summed E-state index contributed by atoms with van der Waals surface area (Å²) in [4.78, 5) is 22.7. The number of carbonyl (C=O) groups is 1. The van der Waals surface area contributed by atoms with Crippen molar-refractivity contribution in [3.05, 3.63) is 80.2 Å². The number of rotatable bonds is 4. The second kappa shape index (κ2) is 7.04. The van der Waals surface area contributed by atoms with Crippen LogP contribution in [0, 0.1) is 22.9 Å². The Morgan fingerprint density at radius 3 is 2.58 bits per heavy atom. The van der Waals surface area contributed by atoms with Crippen LogP contribution in [0.5, 0.6) is 0 Å². The van der Waals surface area contributed by atoms with Gasteiger partial charge in [0.25, 0.3) is 11.6 Å². The molecule has 0 aliphatic heterocycles. The fourth-order valence-electron chi connectivity index (χ4n) is 2.36. The molecular formula is C17H12BrFN4O3. The van der Waals surface area contributed by atoms with Crippen LogP contribution in [0.2, 0.25) is 0 Å². The molecule has 132 valence electrons. The van der Waals surface area contributed by atoms with Gasteiger partial charge in [-0.05, 0) is 37.3 Å². The molecule has 0 radical (unpaired) electrons. The third-order valence-corrected chi connectivity index (χ3v) is 4.04. The molecule has 0 saturated heterocycles. The van der Waals surface area contributed by atoms with E-state index in [2.05, 4.69) is 26.3 Å². The SMILES string of the molecule is Cc1cc(NC(=O)c2cc(Br)ccc2F)n(-c2ccc([N+](=O)[O-])cc2)n1. The van der Waals surface area contributed by atoms with Crippen molar-refractivity contribution in [2.75, 3.05) is 5.32 Å². The van der Waals surface area contributed by atoms with Gasteiger partial charge in [0, 0.05) is 22.7 Å². The van der Waals surface area contributed by atoms with Crippen LogP contribution in [0.25, 0.3) is 5.69 Å². The number of aryl methyl sites for hydroxylation is 1. The summed E-state index contributed by atoms with van der Waals surface area (Å²) in [6.45, 7) is 1.73. The van der Waals surface area contributed by atoms with E-state index in [1.165, 1.54) is 47.1 Å². The number of nitro groups is 1.